The molecule has 1 aliphatic rings. The molecular weight excluding hydrogens is 248 g/mol. The Balaban J connectivity index is 2.09. The van der Waals surface area contributed by atoms with Crippen LogP contribution in [0, 0.1) is 0 Å². The molecule has 0 amide bonds. The van der Waals surface area contributed by atoms with Gasteiger partial charge in [0.1, 0.15) is 12.7 Å². The summed E-state index contributed by atoms with van der Waals surface area (Å²) >= 11 is 0. The van der Waals surface area contributed by atoms with Gasteiger partial charge in [0.05, 0.1) is 12.2 Å². The minimum atomic E-state index is -1.17. The van der Waals surface area contributed by atoms with Crippen LogP contribution in [0.1, 0.15) is 12.5 Å². The maximum atomic E-state index is 11.5. The predicted octanol–water partition coefficient (Wildman–Crippen LogP) is 0.756. The molecule has 0 spiro atoms. The van der Waals surface area contributed by atoms with E-state index in [0.717, 1.165) is 5.56 Å². The van der Waals surface area contributed by atoms with Crippen molar-refractivity contribution < 1.29 is 24.5 Å². The third-order valence-electron chi connectivity index (χ3n) is 2.94. The molecule has 0 saturated heterocycles. The van der Waals surface area contributed by atoms with Crippen LogP contribution in [0.4, 0.5) is 0 Å². The maximum Gasteiger partial charge on any atom is 0.338 e. The second-order valence-corrected chi connectivity index (χ2v) is 4.34. The van der Waals surface area contributed by atoms with E-state index < -0.39 is 24.8 Å². The van der Waals surface area contributed by atoms with Crippen molar-refractivity contribution in [2.45, 2.75) is 25.7 Å². The number of hydrogen-bond donors (Lipinski definition) is 2. The number of rotatable bonds is 5. The second-order valence-electron chi connectivity index (χ2n) is 4.34. The largest absolute Gasteiger partial charge is 0.489 e. The van der Waals surface area contributed by atoms with Gasteiger partial charge in [0, 0.05) is 0 Å². The quantitative estimate of drug-likeness (QED) is 0.768. The first kappa shape index (κ1) is 13.6. The average Bonchev–Trinajstić information content (AvgIpc) is 2.73. The summed E-state index contributed by atoms with van der Waals surface area (Å²) in [7, 11) is 0. The molecule has 0 aliphatic carbocycles. The molecule has 0 bridgehead atoms. The van der Waals surface area contributed by atoms with Crippen molar-refractivity contribution in [3.63, 3.8) is 0 Å². The van der Waals surface area contributed by atoms with E-state index >= 15 is 0 Å². The number of benzene rings is 1. The highest BCUT2D eigenvalue weighted by Gasteiger charge is 2.37. The monoisotopic (exact) mass is 264 g/mol. The Morgan fingerprint density at radius 2 is 2.05 bits per heavy atom. The molecular formula is C14H16O5. The van der Waals surface area contributed by atoms with E-state index in [-0.39, 0.29) is 12.4 Å². The van der Waals surface area contributed by atoms with E-state index in [1.165, 1.54) is 0 Å². The number of carbonyl (C=O) groups is 1. The molecule has 102 valence electrons. The van der Waals surface area contributed by atoms with Crippen LogP contribution in [0.15, 0.2) is 41.7 Å². The zero-order chi connectivity index (χ0) is 13.8. The molecule has 2 rings (SSSR count). The molecule has 0 aromatic heterocycles. The Morgan fingerprint density at radius 1 is 1.37 bits per heavy atom. The minimum Gasteiger partial charge on any atom is -0.489 e. The van der Waals surface area contributed by atoms with Crippen molar-refractivity contribution in [3.8, 4) is 0 Å². The summed E-state index contributed by atoms with van der Waals surface area (Å²) in [6.45, 7) is 1.36. The molecule has 1 aliphatic heterocycles. The van der Waals surface area contributed by atoms with Crippen molar-refractivity contribution >= 4 is 5.97 Å². The third-order valence-corrected chi connectivity index (χ3v) is 2.94. The van der Waals surface area contributed by atoms with Crippen molar-refractivity contribution in [2.75, 3.05) is 6.61 Å². The first-order valence-corrected chi connectivity index (χ1v) is 6.01. The predicted molar refractivity (Wildman–Crippen MR) is 66.9 cm³/mol. The fourth-order valence-corrected chi connectivity index (χ4v) is 1.85. The van der Waals surface area contributed by atoms with Gasteiger partial charge in [0.15, 0.2) is 11.9 Å². The Morgan fingerprint density at radius 3 is 2.68 bits per heavy atom. The molecule has 1 aromatic carbocycles. The molecule has 2 N–H and O–H groups in total. The SMILES string of the molecule is CC1=C(OCc2ccccc2)C(C(O)CO)OC1=O. The molecule has 1 aromatic rings. The topological polar surface area (TPSA) is 76.0 Å². The normalized spacial score (nSPS) is 20.4. The van der Waals surface area contributed by atoms with Gasteiger partial charge in [-0.25, -0.2) is 4.79 Å². The van der Waals surface area contributed by atoms with Gasteiger partial charge in [-0.05, 0) is 12.5 Å². The Kier molecular flexibility index (Phi) is 4.19. The van der Waals surface area contributed by atoms with Gasteiger partial charge >= 0.3 is 5.97 Å². The Labute approximate surface area is 111 Å². The van der Waals surface area contributed by atoms with E-state index in [1.807, 2.05) is 30.3 Å². The summed E-state index contributed by atoms with van der Waals surface area (Å²) in [4.78, 5) is 11.5. The first-order chi connectivity index (χ1) is 9.13. The summed E-state index contributed by atoms with van der Waals surface area (Å²) < 4.78 is 10.5. The smallest absolute Gasteiger partial charge is 0.338 e. The van der Waals surface area contributed by atoms with Gasteiger partial charge in [0.25, 0.3) is 0 Å². The van der Waals surface area contributed by atoms with Crippen LogP contribution >= 0.6 is 0 Å². The summed E-state index contributed by atoms with van der Waals surface area (Å²) in [6.07, 6.45) is -2.10. The van der Waals surface area contributed by atoms with Crippen LogP contribution in [0.2, 0.25) is 0 Å². The van der Waals surface area contributed by atoms with E-state index in [1.54, 1.807) is 6.92 Å². The molecule has 5 heteroatoms. The van der Waals surface area contributed by atoms with E-state index in [9.17, 15) is 9.90 Å². The van der Waals surface area contributed by atoms with Gasteiger partial charge in [-0.15, -0.1) is 0 Å². The number of carbonyl (C=O) groups excluding carboxylic acids is 1. The van der Waals surface area contributed by atoms with Gasteiger partial charge in [-0.1, -0.05) is 30.3 Å². The van der Waals surface area contributed by atoms with Gasteiger partial charge in [-0.3, -0.25) is 0 Å². The lowest BCUT2D eigenvalue weighted by Crippen LogP contribution is -2.32. The van der Waals surface area contributed by atoms with Crippen LogP contribution in [-0.2, 0) is 20.9 Å². The maximum absolute atomic E-state index is 11.5. The average molecular weight is 264 g/mol. The Hall–Kier alpha value is -1.85. The number of esters is 1. The van der Waals surface area contributed by atoms with E-state index in [0.29, 0.717) is 5.57 Å². The van der Waals surface area contributed by atoms with Crippen LogP contribution in [0.25, 0.3) is 0 Å². The first-order valence-electron chi connectivity index (χ1n) is 6.01. The van der Waals surface area contributed by atoms with Crippen LogP contribution < -0.4 is 0 Å². The van der Waals surface area contributed by atoms with Gasteiger partial charge in [-0.2, -0.15) is 0 Å². The zero-order valence-corrected chi connectivity index (χ0v) is 10.6. The zero-order valence-electron chi connectivity index (χ0n) is 10.6. The number of aliphatic hydroxyl groups is 2. The fraction of sp³-hybridized carbons (Fsp3) is 0.357. The number of ether oxygens (including phenoxy) is 2. The van der Waals surface area contributed by atoms with Crippen molar-refractivity contribution in [2.24, 2.45) is 0 Å². The molecule has 2 unspecified atom stereocenters. The highest BCUT2D eigenvalue weighted by atomic mass is 16.6. The number of hydrogen-bond acceptors (Lipinski definition) is 5. The van der Waals surface area contributed by atoms with E-state index in [2.05, 4.69) is 0 Å². The molecule has 0 fully saturated rings. The molecule has 5 nitrogen and oxygen atoms in total. The Bertz CT molecular complexity index is 480. The second kappa shape index (κ2) is 5.86. The summed E-state index contributed by atoms with van der Waals surface area (Å²) in [5.74, 6) is -0.240. The highest BCUT2D eigenvalue weighted by molar-refractivity contribution is 5.91. The van der Waals surface area contributed by atoms with Crippen molar-refractivity contribution in [1.82, 2.24) is 0 Å². The molecule has 0 saturated carbocycles. The lowest BCUT2D eigenvalue weighted by molar-refractivity contribution is -0.146. The standard InChI is InChI=1S/C14H16O5/c1-9-12(13(11(16)7-15)19-14(9)17)18-8-10-5-3-2-4-6-10/h2-6,11,13,15-16H,7-8H2,1H3. The summed E-state index contributed by atoms with van der Waals surface area (Å²) in [5.41, 5.74) is 1.27. The molecule has 19 heavy (non-hydrogen) atoms. The lowest BCUT2D eigenvalue weighted by atomic mass is 10.1. The molecule has 0 radical (unpaired) electrons. The third kappa shape index (κ3) is 2.94. The highest BCUT2D eigenvalue weighted by Crippen LogP contribution is 2.26. The summed E-state index contributed by atoms with van der Waals surface area (Å²) in [6, 6.07) is 9.46. The van der Waals surface area contributed by atoms with Crippen molar-refractivity contribution in [1.29, 1.82) is 0 Å². The molecule has 2 atom stereocenters. The minimum absolute atomic E-state index is 0.277. The fourth-order valence-electron chi connectivity index (χ4n) is 1.85. The van der Waals surface area contributed by atoms with Crippen molar-refractivity contribution in [3.05, 3.63) is 47.2 Å². The summed E-state index contributed by atoms with van der Waals surface area (Å²) in [5, 5.41) is 18.6. The van der Waals surface area contributed by atoms with Crippen LogP contribution in [0.3, 0.4) is 0 Å². The van der Waals surface area contributed by atoms with E-state index in [4.69, 9.17) is 14.6 Å². The number of cyclic esters (lactones) is 1. The number of aliphatic hydroxyl groups excluding tert-OH is 2. The van der Waals surface area contributed by atoms with Crippen LogP contribution in [0.5, 0.6) is 0 Å². The van der Waals surface area contributed by atoms with Crippen LogP contribution in [-0.4, -0.2) is 35.0 Å². The lowest BCUT2D eigenvalue weighted by Gasteiger charge is -2.19. The van der Waals surface area contributed by atoms with Gasteiger partial charge in [0.2, 0.25) is 0 Å². The van der Waals surface area contributed by atoms with Gasteiger partial charge < -0.3 is 19.7 Å². The molecule has 1 heterocycles.